The summed E-state index contributed by atoms with van der Waals surface area (Å²) in [4.78, 5) is 13.3. The van der Waals surface area contributed by atoms with Crippen LogP contribution in [0.5, 0.6) is 0 Å². The number of amides is 1. The summed E-state index contributed by atoms with van der Waals surface area (Å²) in [5.41, 5.74) is 4.02. The fourth-order valence-electron chi connectivity index (χ4n) is 2.57. The van der Waals surface area contributed by atoms with E-state index < -0.39 is 10.0 Å². The molecule has 2 heterocycles. The van der Waals surface area contributed by atoms with E-state index in [0.29, 0.717) is 10.5 Å². The number of benzene rings is 2. The fourth-order valence-corrected chi connectivity index (χ4v) is 5.18. The molecular formula is C17H10BrN3O3S3. The zero-order chi connectivity index (χ0) is 19.2. The number of hydrogen-bond donors (Lipinski definition) is 1. The molecule has 0 atom stereocenters. The number of fused-ring (bicyclic) bond motifs is 1. The molecule has 4 rings (SSSR count). The number of rotatable bonds is 2. The van der Waals surface area contributed by atoms with E-state index in [4.69, 9.17) is 12.2 Å². The van der Waals surface area contributed by atoms with Crippen molar-refractivity contribution in [3.8, 4) is 0 Å². The van der Waals surface area contributed by atoms with Crippen LogP contribution in [-0.2, 0) is 14.8 Å². The van der Waals surface area contributed by atoms with Gasteiger partial charge in [-0.05, 0) is 48.1 Å². The lowest BCUT2D eigenvalue weighted by atomic mass is 10.2. The Balaban J connectivity index is 1.62. The lowest BCUT2D eigenvalue weighted by Gasteiger charge is -2.16. The van der Waals surface area contributed by atoms with Gasteiger partial charge in [0.15, 0.2) is 10.2 Å². The van der Waals surface area contributed by atoms with Crippen molar-refractivity contribution in [3.05, 3.63) is 69.0 Å². The maximum Gasteiger partial charge on any atom is 0.285 e. The van der Waals surface area contributed by atoms with Gasteiger partial charge in [-0.2, -0.15) is 13.4 Å². The smallest absolute Gasteiger partial charge is 0.272 e. The number of nitrogens with zero attached hydrogens (tertiary/aromatic N) is 2. The lowest BCUT2D eigenvalue weighted by Crippen LogP contribution is -2.44. The summed E-state index contributed by atoms with van der Waals surface area (Å²) in [7, 11) is -3.78. The predicted octanol–water partition coefficient (Wildman–Crippen LogP) is 3.30. The van der Waals surface area contributed by atoms with Gasteiger partial charge in [-0.25, -0.2) is 0 Å². The van der Waals surface area contributed by atoms with Gasteiger partial charge >= 0.3 is 0 Å². The van der Waals surface area contributed by atoms with Crippen molar-refractivity contribution in [1.82, 2.24) is 10.4 Å². The van der Waals surface area contributed by atoms with Crippen LogP contribution in [0.1, 0.15) is 11.1 Å². The van der Waals surface area contributed by atoms with E-state index in [1.54, 1.807) is 24.3 Å². The minimum atomic E-state index is -3.78. The molecule has 0 saturated carbocycles. The SMILES string of the molecule is O=C1C(=Cc2ccc(Br)cc2)SC(=S)N1NC1=NS(=O)(=O)c2ccccc21. The quantitative estimate of drug-likeness (QED) is 0.525. The van der Waals surface area contributed by atoms with Crippen LogP contribution in [0.4, 0.5) is 0 Å². The Kier molecular flexibility index (Phi) is 4.66. The van der Waals surface area contributed by atoms with Gasteiger partial charge in [-0.15, -0.1) is 4.40 Å². The number of halogens is 1. The number of thioether (sulfide) groups is 1. The Hall–Kier alpha value is -2.01. The second-order valence-corrected chi connectivity index (χ2v) is 9.76. The number of carbonyl (C=O) groups excluding carboxylic acids is 1. The third kappa shape index (κ3) is 3.45. The Morgan fingerprint density at radius 1 is 1.15 bits per heavy atom. The number of hydrogen-bond acceptors (Lipinski definition) is 6. The molecule has 1 fully saturated rings. The van der Waals surface area contributed by atoms with Crippen molar-refractivity contribution < 1.29 is 13.2 Å². The summed E-state index contributed by atoms with van der Waals surface area (Å²) >= 11 is 9.78. The third-order valence-corrected chi connectivity index (χ3v) is 6.98. The van der Waals surface area contributed by atoms with Crippen molar-refractivity contribution >= 4 is 72.1 Å². The molecule has 0 aromatic heterocycles. The van der Waals surface area contributed by atoms with Crippen LogP contribution in [0, 0.1) is 0 Å². The maximum absolute atomic E-state index is 12.7. The number of sulfonamides is 1. The molecule has 136 valence electrons. The second-order valence-electron chi connectivity index (χ2n) is 5.59. The molecule has 2 aromatic rings. The van der Waals surface area contributed by atoms with Crippen molar-refractivity contribution in [2.24, 2.45) is 4.40 Å². The standard InChI is InChI=1S/C17H10BrN3O3S3/c18-11-7-5-10(6-8-11)9-13-16(22)21(17(25)26-13)19-15-12-3-1-2-4-14(12)27(23,24)20-15/h1-9H,(H,19,20). The van der Waals surface area contributed by atoms with Crippen molar-refractivity contribution in [2.75, 3.05) is 0 Å². The summed E-state index contributed by atoms with van der Waals surface area (Å²) in [5.74, 6) is -0.288. The fraction of sp³-hybridized carbons (Fsp3) is 0. The van der Waals surface area contributed by atoms with E-state index in [-0.39, 0.29) is 21.0 Å². The van der Waals surface area contributed by atoms with Gasteiger partial charge in [-0.3, -0.25) is 10.2 Å². The second kappa shape index (κ2) is 6.86. The molecular weight excluding hydrogens is 470 g/mol. The Morgan fingerprint density at radius 3 is 2.59 bits per heavy atom. The summed E-state index contributed by atoms with van der Waals surface area (Å²) in [6.45, 7) is 0. The van der Waals surface area contributed by atoms with Crippen molar-refractivity contribution in [2.45, 2.75) is 4.90 Å². The minimum Gasteiger partial charge on any atom is -0.272 e. The molecule has 0 unspecified atom stereocenters. The molecule has 0 bridgehead atoms. The van der Waals surface area contributed by atoms with Crippen LogP contribution in [0.15, 0.2) is 67.2 Å². The van der Waals surface area contributed by atoms with Crippen LogP contribution in [0.3, 0.4) is 0 Å². The van der Waals surface area contributed by atoms with Gasteiger partial charge in [0.1, 0.15) is 4.90 Å². The molecule has 10 heteroatoms. The van der Waals surface area contributed by atoms with E-state index >= 15 is 0 Å². The molecule has 0 spiro atoms. The highest BCUT2D eigenvalue weighted by atomic mass is 79.9. The zero-order valence-electron chi connectivity index (χ0n) is 13.4. The highest BCUT2D eigenvalue weighted by Gasteiger charge is 2.36. The van der Waals surface area contributed by atoms with E-state index in [0.717, 1.165) is 26.8 Å². The number of nitrogens with one attached hydrogen (secondary N) is 1. The highest BCUT2D eigenvalue weighted by molar-refractivity contribution is 9.10. The monoisotopic (exact) mass is 479 g/mol. The molecule has 6 nitrogen and oxygen atoms in total. The van der Waals surface area contributed by atoms with Crippen LogP contribution >= 0.6 is 39.9 Å². The van der Waals surface area contributed by atoms with Gasteiger partial charge < -0.3 is 0 Å². The molecule has 2 aliphatic rings. The largest absolute Gasteiger partial charge is 0.285 e. The van der Waals surface area contributed by atoms with Crippen LogP contribution in [-0.4, -0.2) is 29.5 Å². The van der Waals surface area contributed by atoms with E-state index in [1.807, 2.05) is 24.3 Å². The number of thiocarbonyl (C=S) groups is 1. The normalized spacial score (nSPS) is 19.4. The number of hydrazine groups is 1. The Bertz CT molecular complexity index is 1140. The van der Waals surface area contributed by atoms with Gasteiger partial charge in [0.25, 0.3) is 15.9 Å². The van der Waals surface area contributed by atoms with Gasteiger partial charge in [0.2, 0.25) is 0 Å². The van der Waals surface area contributed by atoms with Gasteiger partial charge in [0, 0.05) is 10.0 Å². The van der Waals surface area contributed by atoms with Gasteiger partial charge in [0.05, 0.1) is 4.91 Å². The zero-order valence-corrected chi connectivity index (χ0v) is 17.5. The first-order valence-electron chi connectivity index (χ1n) is 7.60. The Morgan fingerprint density at radius 2 is 1.85 bits per heavy atom. The van der Waals surface area contributed by atoms with Crippen LogP contribution in [0.2, 0.25) is 0 Å². The minimum absolute atomic E-state index is 0.0757. The number of amidine groups is 1. The summed E-state index contributed by atoms with van der Waals surface area (Å²) in [6, 6.07) is 13.9. The van der Waals surface area contributed by atoms with Crippen molar-refractivity contribution in [3.63, 3.8) is 0 Å². The topological polar surface area (TPSA) is 78.8 Å². The molecule has 27 heavy (non-hydrogen) atoms. The first kappa shape index (κ1) is 18.4. The molecule has 2 aromatic carbocycles. The molecule has 2 aliphatic heterocycles. The first-order valence-corrected chi connectivity index (χ1v) is 11.1. The van der Waals surface area contributed by atoms with E-state index in [2.05, 4.69) is 25.8 Å². The molecule has 0 radical (unpaired) electrons. The molecule has 1 saturated heterocycles. The highest BCUT2D eigenvalue weighted by Crippen LogP contribution is 2.32. The maximum atomic E-state index is 12.7. The lowest BCUT2D eigenvalue weighted by molar-refractivity contribution is -0.123. The number of carbonyl (C=O) groups is 1. The average Bonchev–Trinajstić information content (AvgIpc) is 3.05. The van der Waals surface area contributed by atoms with Crippen molar-refractivity contribution in [1.29, 1.82) is 0 Å². The van der Waals surface area contributed by atoms with Gasteiger partial charge in [-0.1, -0.05) is 52.0 Å². The summed E-state index contributed by atoms with van der Waals surface area (Å²) in [5, 5.41) is 1.14. The molecule has 1 N–H and O–H groups in total. The predicted molar refractivity (Wildman–Crippen MR) is 112 cm³/mol. The third-order valence-electron chi connectivity index (χ3n) is 3.81. The summed E-state index contributed by atoms with van der Waals surface area (Å²) in [6.07, 6.45) is 1.73. The Labute approximate surface area is 173 Å². The van der Waals surface area contributed by atoms with Crippen LogP contribution < -0.4 is 5.43 Å². The summed E-state index contributed by atoms with van der Waals surface area (Å²) < 4.78 is 29.2. The van der Waals surface area contributed by atoms with E-state index in [1.165, 1.54) is 6.07 Å². The molecule has 0 aliphatic carbocycles. The van der Waals surface area contributed by atoms with Crippen LogP contribution in [0.25, 0.3) is 6.08 Å². The first-order chi connectivity index (χ1) is 12.8. The van der Waals surface area contributed by atoms with E-state index in [9.17, 15) is 13.2 Å². The average molecular weight is 480 g/mol. The molecule has 1 amide bonds.